The van der Waals surface area contributed by atoms with Crippen molar-refractivity contribution in [2.45, 2.75) is 0 Å². The van der Waals surface area contributed by atoms with Crippen LogP contribution in [0.2, 0.25) is 0 Å². The summed E-state index contributed by atoms with van der Waals surface area (Å²) in [5, 5.41) is 0. The van der Waals surface area contributed by atoms with E-state index < -0.39 is 7.82 Å². The largest absolute Gasteiger partial charge is 1.00 e. The molecule has 0 atom stereocenters. The molecule has 14 heavy (non-hydrogen) atoms. The van der Waals surface area contributed by atoms with E-state index in [9.17, 15) is 0 Å². The number of rotatable bonds is 0. The Balaban J connectivity index is 0. The van der Waals surface area contributed by atoms with Crippen molar-refractivity contribution in [2.24, 2.45) is 0 Å². The van der Waals surface area contributed by atoms with E-state index in [1.807, 2.05) is 18.2 Å². The number of halogens is 2. The van der Waals surface area contributed by atoms with Crippen molar-refractivity contribution < 1.29 is 70.6 Å². The van der Waals surface area contributed by atoms with Crippen LogP contribution in [0, 0.1) is 6.07 Å². The zero-order valence-electron chi connectivity index (χ0n) is 7.19. The summed E-state index contributed by atoms with van der Waals surface area (Å²) >= 11 is 6.59. The van der Waals surface area contributed by atoms with E-state index in [4.69, 9.17) is 19.2 Å². The molecule has 74 valence electrons. The van der Waals surface area contributed by atoms with Gasteiger partial charge in [-0.2, -0.15) is 18.2 Å². The molecule has 1 rings (SSSR count). The van der Waals surface area contributed by atoms with Gasteiger partial charge >= 0.3 is 59.2 Å². The summed E-state index contributed by atoms with van der Waals surface area (Å²) in [7, 11) is -4.64. The Morgan fingerprint density at radius 2 is 1.71 bits per heavy atom. The van der Waals surface area contributed by atoms with Crippen LogP contribution in [-0.2, 0) is 4.57 Å². The van der Waals surface area contributed by atoms with Gasteiger partial charge in [0.15, 0.2) is 0 Å². The SMILES string of the molecule is Brc1[c-]ccc(Br)c1.O=P(O)(O)O.[K+]. The van der Waals surface area contributed by atoms with Crippen molar-refractivity contribution in [2.75, 3.05) is 0 Å². The Morgan fingerprint density at radius 1 is 1.29 bits per heavy atom. The normalized spacial score (nSPS) is 9.50. The van der Waals surface area contributed by atoms with Crippen molar-refractivity contribution in [3.63, 3.8) is 0 Å². The molecule has 0 aliphatic rings. The van der Waals surface area contributed by atoms with Gasteiger partial charge in [-0.05, 0) is 0 Å². The van der Waals surface area contributed by atoms with E-state index in [1.54, 1.807) is 0 Å². The number of phosphoric acid groups is 1. The average molecular weight is 372 g/mol. The number of benzene rings is 1. The molecule has 0 amide bonds. The second-order valence-corrected chi connectivity index (χ2v) is 4.66. The van der Waals surface area contributed by atoms with E-state index in [0.29, 0.717) is 0 Å². The van der Waals surface area contributed by atoms with Gasteiger partial charge in [-0.1, -0.05) is 40.8 Å². The van der Waals surface area contributed by atoms with Crippen molar-refractivity contribution >= 4 is 39.7 Å². The molecule has 3 N–H and O–H groups in total. The molecule has 0 spiro atoms. The second-order valence-electron chi connectivity index (χ2n) is 1.87. The van der Waals surface area contributed by atoms with Crippen LogP contribution in [0.25, 0.3) is 0 Å². The van der Waals surface area contributed by atoms with Gasteiger partial charge in [-0.25, -0.2) is 4.57 Å². The molecular weight excluding hydrogens is 366 g/mol. The first-order chi connectivity index (χ1) is 5.79. The monoisotopic (exact) mass is 370 g/mol. The molecule has 1 aromatic carbocycles. The van der Waals surface area contributed by atoms with Gasteiger partial charge in [0.05, 0.1) is 0 Å². The van der Waals surface area contributed by atoms with Crippen LogP contribution < -0.4 is 51.4 Å². The Hall–Kier alpha value is 1.93. The zero-order chi connectivity index (χ0) is 10.5. The van der Waals surface area contributed by atoms with Gasteiger partial charge < -0.3 is 14.7 Å². The standard InChI is InChI=1S/C6H3Br2.K.H3O4P/c7-5-2-1-3-6(8)4-5;;1-5(2,3)4/h1-2,4H;;(H3,1,2,3,4)/q-1;+1;. The van der Waals surface area contributed by atoms with Crippen LogP contribution in [0.3, 0.4) is 0 Å². The Morgan fingerprint density at radius 3 is 1.93 bits per heavy atom. The number of hydrogen-bond donors (Lipinski definition) is 3. The van der Waals surface area contributed by atoms with Crippen LogP contribution in [0.1, 0.15) is 0 Å². The third kappa shape index (κ3) is 16.4. The van der Waals surface area contributed by atoms with Gasteiger partial charge in [-0.15, -0.1) is 6.07 Å². The molecule has 0 unspecified atom stereocenters. The fourth-order valence-electron chi connectivity index (χ4n) is 0.412. The van der Waals surface area contributed by atoms with E-state index >= 15 is 0 Å². The molecule has 0 bridgehead atoms. The minimum absolute atomic E-state index is 0. The van der Waals surface area contributed by atoms with Crippen molar-refractivity contribution in [3.8, 4) is 0 Å². The van der Waals surface area contributed by atoms with Crippen LogP contribution in [0.4, 0.5) is 0 Å². The summed E-state index contributed by atoms with van der Waals surface area (Å²) in [4.78, 5) is 21.6. The molecule has 0 saturated heterocycles. The first-order valence-electron chi connectivity index (χ1n) is 2.90. The molecule has 4 nitrogen and oxygen atoms in total. The molecule has 0 fully saturated rings. The first kappa shape index (κ1) is 18.3. The maximum Gasteiger partial charge on any atom is 1.00 e. The summed E-state index contributed by atoms with van der Waals surface area (Å²) in [6, 6.07) is 8.69. The van der Waals surface area contributed by atoms with Gasteiger partial charge in [0.2, 0.25) is 0 Å². The molecule has 0 heterocycles. The summed E-state index contributed by atoms with van der Waals surface area (Å²) in [6.45, 7) is 0. The van der Waals surface area contributed by atoms with E-state index in [1.165, 1.54) is 0 Å². The summed E-state index contributed by atoms with van der Waals surface area (Å²) in [5.74, 6) is 0. The smallest absolute Gasteiger partial charge is 0.303 e. The zero-order valence-corrected chi connectivity index (χ0v) is 14.4. The fraction of sp³-hybridized carbons (Fsp3) is 0. The minimum Gasteiger partial charge on any atom is -0.303 e. The minimum atomic E-state index is -4.64. The molecule has 0 aliphatic heterocycles. The van der Waals surface area contributed by atoms with E-state index in [-0.39, 0.29) is 51.4 Å². The van der Waals surface area contributed by atoms with Gasteiger partial charge in [0, 0.05) is 0 Å². The van der Waals surface area contributed by atoms with E-state index in [2.05, 4.69) is 37.9 Å². The molecule has 0 aromatic heterocycles. The molecule has 0 saturated carbocycles. The molecule has 1 aromatic rings. The topological polar surface area (TPSA) is 77.8 Å². The summed E-state index contributed by atoms with van der Waals surface area (Å²) in [6.07, 6.45) is 0. The maximum atomic E-state index is 8.88. The molecular formula is C6H6Br2KO4P. The first-order valence-corrected chi connectivity index (χ1v) is 6.05. The van der Waals surface area contributed by atoms with Gasteiger partial charge in [0.25, 0.3) is 0 Å². The van der Waals surface area contributed by atoms with Gasteiger partial charge in [-0.3, -0.25) is 0 Å². The third-order valence-corrected chi connectivity index (χ3v) is 1.68. The van der Waals surface area contributed by atoms with Gasteiger partial charge in [0.1, 0.15) is 0 Å². The van der Waals surface area contributed by atoms with Crippen LogP contribution in [-0.4, -0.2) is 14.7 Å². The van der Waals surface area contributed by atoms with Crippen LogP contribution >= 0.6 is 39.7 Å². The number of hydrogen-bond acceptors (Lipinski definition) is 1. The van der Waals surface area contributed by atoms with Crippen molar-refractivity contribution in [1.29, 1.82) is 0 Å². The Kier molecular flexibility index (Phi) is 11.8. The molecule has 8 heteroatoms. The third-order valence-electron chi connectivity index (χ3n) is 0.728. The fourth-order valence-corrected chi connectivity index (χ4v) is 1.46. The van der Waals surface area contributed by atoms with Crippen LogP contribution in [0.15, 0.2) is 27.1 Å². The van der Waals surface area contributed by atoms with E-state index in [0.717, 1.165) is 8.95 Å². The summed E-state index contributed by atoms with van der Waals surface area (Å²) in [5.41, 5.74) is 0. The quantitative estimate of drug-likeness (QED) is 0.313. The maximum absolute atomic E-state index is 8.88. The Bertz CT molecular complexity index is 291. The van der Waals surface area contributed by atoms with Crippen LogP contribution in [0.5, 0.6) is 0 Å². The van der Waals surface area contributed by atoms with Crippen molar-refractivity contribution in [1.82, 2.24) is 0 Å². The predicted octanol–water partition coefficient (Wildman–Crippen LogP) is -0.913. The molecule has 0 radical (unpaired) electrons. The summed E-state index contributed by atoms with van der Waals surface area (Å²) < 4.78 is 10.9. The van der Waals surface area contributed by atoms with Crippen molar-refractivity contribution in [3.05, 3.63) is 33.2 Å². The average Bonchev–Trinajstić information content (AvgIpc) is 1.81. The second kappa shape index (κ2) is 9.01. The predicted molar refractivity (Wildman–Crippen MR) is 54.9 cm³/mol. The Labute approximate surface area is 141 Å². The molecule has 0 aliphatic carbocycles.